The first-order chi connectivity index (χ1) is 8.02. The molecule has 3 nitrogen and oxygen atoms in total. The number of rotatable bonds is 6. The second kappa shape index (κ2) is 7.13. The fourth-order valence-electron chi connectivity index (χ4n) is 1.38. The van der Waals surface area contributed by atoms with Gasteiger partial charge in [-0.15, -0.1) is 0 Å². The molecule has 1 aromatic carbocycles. The quantitative estimate of drug-likeness (QED) is 0.876. The number of methoxy groups -OCH3 is 1. The van der Waals surface area contributed by atoms with Crippen LogP contribution in [0, 0.1) is 0 Å². The standard InChI is InChI=1S/C12H18BrNO2S/c1-9(14)5-6-17(15)8-10-3-4-12(16-2)11(13)7-10/h3-4,7,9H,5-6,8,14H2,1-2H3. The summed E-state index contributed by atoms with van der Waals surface area (Å²) in [5.41, 5.74) is 6.68. The highest BCUT2D eigenvalue weighted by atomic mass is 79.9. The molecule has 0 radical (unpaired) electrons. The molecule has 0 bridgehead atoms. The van der Waals surface area contributed by atoms with Crippen molar-refractivity contribution in [2.24, 2.45) is 5.73 Å². The van der Waals surface area contributed by atoms with Crippen LogP contribution >= 0.6 is 15.9 Å². The Morgan fingerprint density at radius 2 is 2.24 bits per heavy atom. The molecule has 0 aromatic heterocycles. The lowest BCUT2D eigenvalue weighted by Gasteiger charge is -2.07. The van der Waals surface area contributed by atoms with Crippen molar-refractivity contribution in [1.29, 1.82) is 0 Å². The molecule has 2 N–H and O–H groups in total. The number of nitrogens with two attached hydrogens (primary N) is 1. The fourth-order valence-corrected chi connectivity index (χ4v) is 3.29. The molecule has 0 aliphatic heterocycles. The number of ether oxygens (including phenoxy) is 1. The molecule has 0 heterocycles. The van der Waals surface area contributed by atoms with E-state index < -0.39 is 10.8 Å². The van der Waals surface area contributed by atoms with Crippen molar-refractivity contribution < 1.29 is 8.95 Å². The highest BCUT2D eigenvalue weighted by molar-refractivity contribution is 9.10. The van der Waals surface area contributed by atoms with E-state index in [2.05, 4.69) is 15.9 Å². The topological polar surface area (TPSA) is 52.3 Å². The Hall–Kier alpha value is -0.390. The van der Waals surface area contributed by atoms with E-state index in [0.717, 1.165) is 22.2 Å². The zero-order chi connectivity index (χ0) is 12.8. The van der Waals surface area contributed by atoms with Crippen molar-refractivity contribution in [2.75, 3.05) is 12.9 Å². The van der Waals surface area contributed by atoms with E-state index in [1.165, 1.54) is 0 Å². The van der Waals surface area contributed by atoms with Crippen LogP contribution in [0.2, 0.25) is 0 Å². The maximum Gasteiger partial charge on any atom is 0.133 e. The maximum absolute atomic E-state index is 11.8. The molecule has 96 valence electrons. The largest absolute Gasteiger partial charge is 0.496 e. The minimum absolute atomic E-state index is 0.113. The molecular formula is C12H18BrNO2S. The van der Waals surface area contributed by atoms with Gasteiger partial charge in [0, 0.05) is 28.3 Å². The van der Waals surface area contributed by atoms with Gasteiger partial charge >= 0.3 is 0 Å². The highest BCUT2D eigenvalue weighted by Crippen LogP contribution is 2.26. The van der Waals surface area contributed by atoms with Gasteiger partial charge in [0.05, 0.1) is 11.6 Å². The van der Waals surface area contributed by atoms with Crippen molar-refractivity contribution in [3.8, 4) is 5.75 Å². The van der Waals surface area contributed by atoms with E-state index in [-0.39, 0.29) is 6.04 Å². The number of hydrogen-bond donors (Lipinski definition) is 1. The van der Waals surface area contributed by atoms with Gasteiger partial charge in [-0.1, -0.05) is 6.07 Å². The van der Waals surface area contributed by atoms with Crippen molar-refractivity contribution in [3.63, 3.8) is 0 Å². The lowest BCUT2D eigenvalue weighted by molar-refractivity contribution is 0.412. The normalized spacial score (nSPS) is 14.4. The Kier molecular flexibility index (Phi) is 6.16. The lowest BCUT2D eigenvalue weighted by Crippen LogP contribution is -2.18. The first-order valence-corrected chi connectivity index (χ1v) is 7.74. The molecule has 1 rings (SSSR count). The molecule has 0 aliphatic carbocycles. The summed E-state index contributed by atoms with van der Waals surface area (Å²) in [5.74, 6) is 2.01. The van der Waals surface area contributed by atoms with Crippen LogP contribution in [0.1, 0.15) is 18.9 Å². The van der Waals surface area contributed by atoms with Gasteiger partial charge in [-0.3, -0.25) is 4.21 Å². The van der Waals surface area contributed by atoms with Crippen LogP contribution in [0.5, 0.6) is 5.75 Å². The van der Waals surface area contributed by atoms with Crippen LogP contribution in [0.25, 0.3) is 0 Å². The van der Waals surface area contributed by atoms with Gasteiger partial charge in [0.25, 0.3) is 0 Å². The first kappa shape index (κ1) is 14.7. The summed E-state index contributed by atoms with van der Waals surface area (Å²) in [6.45, 7) is 1.93. The second-order valence-electron chi connectivity index (χ2n) is 4.02. The van der Waals surface area contributed by atoms with Crippen molar-refractivity contribution >= 4 is 26.7 Å². The third-order valence-corrected chi connectivity index (χ3v) is 4.31. The van der Waals surface area contributed by atoms with Crippen LogP contribution in [-0.4, -0.2) is 23.1 Å². The molecule has 5 heteroatoms. The summed E-state index contributed by atoms with van der Waals surface area (Å²) in [6, 6.07) is 5.87. The predicted octanol–water partition coefficient (Wildman–Crippen LogP) is 2.44. The summed E-state index contributed by atoms with van der Waals surface area (Å²) in [5, 5.41) is 0. The average Bonchev–Trinajstić information content (AvgIpc) is 2.26. The summed E-state index contributed by atoms with van der Waals surface area (Å²) in [4.78, 5) is 0. The zero-order valence-corrected chi connectivity index (χ0v) is 12.5. The monoisotopic (exact) mass is 319 g/mol. The Bertz CT molecular complexity index is 396. The maximum atomic E-state index is 11.8. The van der Waals surface area contributed by atoms with Gasteiger partial charge in [-0.05, 0) is 47.0 Å². The van der Waals surface area contributed by atoms with Crippen LogP contribution in [0.4, 0.5) is 0 Å². The van der Waals surface area contributed by atoms with Gasteiger partial charge < -0.3 is 10.5 Å². The molecule has 17 heavy (non-hydrogen) atoms. The Morgan fingerprint density at radius 1 is 1.53 bits per heavy atom. The Labute approximate surface area is 113 Å². The number of halogens is 1. The molecule has 0 fully saturated rings. The minimum Gasteiger partial charge on any atom is -0.496 e. The number of hydrogen-bond acceptors (Lipinski definition) is 3. The van der Waals surface area contributed by atoms with Crippen molar-refractivity contribution in [1.82, 2.24) is 0 Å². The van der Waals surface area contributed by atoms with Gasteiger partial charge in [0.1, 0.15) is 5.75 Å². The van der Waals surface area contributed by atoms with Crippen molar-refractivity contribution in [2.45, 2.75) is 25.1 Å². The van der Waals surface area contributed by atoms with Gasteiger partial charge in [0.15, 0.2) is 0 Å². The van der Waals surface area contributed by atoms with E-state index in [9.17, 15) is 4.21 Å². The number of benzene rings is 1. The molecule has 2 unspecified atom stereocenters. The van der Waals surface area contributed by atoms with E-state index in [4.69, 9.17) is 10.5 Å². The molecular weight excluding hydrogens is 302 g/mol. The van der Waals surface area contributed by atoms with Gasteiger partial charge in [-0.2, -0.15) is 0 Å². The molecule has 0 aliphatic rings. The van der Waals surface area contributed by atoms with E-state index in [1.54, 1.807) is 7.11 Å². The van der Waals surface area contributed by atoms with E-state index in [0.29, 0.717) is 11.5 Å². The molecule has 1 aromatic rings. The van der Waals surface area contributed by atoms with Gasteiger partial charge in [-0.25, -0.2) is 0 Å². The van der Waals surface area contributed by atoms with Crippen LogP contribution in [-0.2, 0) is 16.6 Å². The van der Waals surface area contributed by atoms with Crippen LogP contribution in [0.3, 0.4) is 0 Å². The van der Waals surface area contributed by atoms with Crippen LogP contribution < -0.4 is 10.5 Å². The zero-order valence-electron chi connectivity index (χ0n) is 10.1. The average molecular weight is 320 g/mol. The van der Waals surface area contributed by atoms with E-state index >= 15 is 0 Å². The Balaban J connectivity index is 2.57. The van der Waals surface area contributed by atoms with Crippen LogP contribution in [0.15, 0.2) is 22.7 Å². The summed E-state index contributed by atoms with van der Waals surface area (Å²) < 4.78 is 17.8. The van der Waals surface area contributed by atoms with E-state index in [1.807, 2.05) is 25.1 Å². The Morgan fingerprint density at radius 3 is 2.76 bits per heavy atom. The first-order valence-electron chi connectivity index (χ1n) is 5.46. The molecule has 0 saturated heterocycles. The summed E-state index contributed by atoms with van der Waals surface area (Å²) in [7, 11) is 0.775. The molecule has 0 saturated carbocycles. The molecule has 2 atom stereocenters. The summed E-state index contributed by atoms with van der Waals surface area (Å²) in [6.07, 6.45) is 0.796. The third-order valence-electron chi connectivity index (χ3n) is 2.34. The summed E-state index contributed by atoms with van der Waals surface area (Å²) >= 11 is 3.42. The van der Waals surface area contributed by atoms with Crippen molar-refractivity contribution in [3.05, 3.63) is 28.2 Å². The molecule has 0 amide bonds. The smallest absolute Gasteiger partial charge is 0.133 e. The second-order valence-corrected chi connectivity index (χ2v) is 6.45. The predicted molar refractivity (Wildman–Crippen MR) is 75.7 cm³/mol. The fraction of sp³-hybridized carbons (Fsp3) is 0.500. The highest BCUT2D eigenvalue weighted by Gasteiger charge is 2.06. The lowest BCUT2D eigenvalue weighted by atomic mass is 10.2. The van der Waals surface area contributed by atoms with Gasteiger partial charge in [0.2, 0.25) is 0 Å². The SMILES string of the molecule is COc1ccc(CS(=O)CCC(C)N)cc1Br. The third kappa shape index (κ3) is 5.19. The minimum atomic E-state index is -0.850. The molecule has 0 spiro atoms.